The summed E-state index contributed by atoms with van der Waals surface area (Å²) >= 11 is 0. The van der Waals surface area contributed by atoms with Crippen molar-refractivity contribution in [3.63, 3.8) is 0 Å². The second-order valence-electron chi connectivity index (χ2n) is 4.14. The normalized spacial score (nSPS) is 18.3. The maximum absolute atomic E-state index is 11.9. The molecule has 0 saturated carbocycles. The van der Waals surface area contributed by atoms with Gasteiger partial charge in [0.05, 0.1) is 5.56 Å². The Labute approximate surface area is 105 Å². The van der Waals surface area contributed by atoms with Crippen molar-refractivity contribution in [2.45, 2.75) is 6.42 Å². The first-order chi connectivity index (χ1) is 8.66. The Bertz CT molecular complexity index is 539. The van der Waals surface area contributed by atoms with Crippen LogP contribution in [-0.2, 0) is 0 Å². The summed E-state index contributed by atoms with van der Waals surface area (Å²) in [6.07, 6.45) is 12.0. The van der Waals surface area contributed by atoms with E-state index in [1.165, 1.54) is 24.3 Å². The van der Waals surface area contributed by atoms with E-state index in [2.05, 4.69) is 0 Å². The molecule has 1 aliphatic rings. The molecule has 0 radical (unpaired) electrons. The molecule has 3 heteroatoms. The molecule has 0 saturated heterocycles. The zero-order valence-corrected chi connectivity index (χ0v) is 9.78. The van der Waals surface area contributed by atoms with E-state index < -0.39 is 0 Å². The number of phenols is 2. The number of hydrogen-bond acceptors (Lipinski definition) is 3. The zero-order valence-electron chi connectivity index (χ0n) is 9.78. The van der Waals surface area contributed by atoms with Gasteiger partial charge < -0.3 is 10.2 Å². The molecule has 0 amide bonds. The van der Waals surface area contributed by atoms with Crippen LogP contribution in [0.1, 0.15) is 16.8 Å². The molecule has 18 heavy (non-hydrogen) atoms. The van der Waals surface area contributed by atoms with Crippen LogP contribution in [0.15, 0.2) is 54.7 Å². The van der Waals surface area contributed by atoms with Crippen LogP contribution in [0.3, 0.4) is 0 Å². The molecular formula is C15H14O3. The maximum atomic E-state index is 11.9. The third-order valence-electron chi connectivity index (χ3n) is 2.75. The summed E-state index contributed by atoms with van der Waals surface area (Å²) in [5.74, 6) is -0.267. The lowest BCUT2D eigenvalue weighted by Crippen LogP contribution is -1.98. The molecular weight excluding hydrogens is 228 g/mol. The fourth-order valence-electron chi connectivity index (χ4n) is 1.76. The van der Waals surface area contributed by atoms with Crippen molar-refractivity contribution in [2.75, 3.05) is 0 Å². The third-order valence-corrected chi connectivity index (χ3v) is 2.75. The molecule has 1 aliphatic carbocycles. The van der Waals surface area contributed by atoms with Crippen LogP contribution >= 0.6 is 0 Å². The molecule has 0 heterocycles. The van der Waals surface area contributed by atoms with Gasteiger partial charge in [-0.3, -0.25) is 4.79 Å². The van der Waals surface area contributed by atoms with Crippen LogP contribution in [0.4, 0.5) is 0 Å². The summed E-state index contributed by atoms with van der Waals surface area (Å²) in [4.78, 5) is 11.9. The van der Waals surface area contributed by atoms with Gasteiger partial charge in [0.25, 0.3) is 0 Å². The molecule has 0 fully saturated rings. The van der Waals surface area contributed by atoms with Gasteiger partial charge in [0.15, 0.2) is 5.78 Å². The lowest BCUT2D eigenvalue weighted by molar-refractivity contribution is 0.104. The highest BCUT2D eigenvalue weighted by atomic mass is 16.3. The smallest absolute Gasteiger partial charge is 0.189 e. The molecule has 2 N–H and O–H groups in total. The van der Waals surface area contributed by atoms with Crippen LogP contribution < -0.4 is 0 Å². The topological polar surface area (TPSA) is 57.5 Å². The number of carbonyl (C=O) groups excluding carboxylic acids is 1. The molecule has 1 aromatic carbocycles. The van der Waals surface area contributed by atoms with E-state index >= 15 is 0 Å². The first kappa shape index (κ1) is 12.2. The first-order valence-corrected chi connectivity index (χ1v) is 5.74. The van der Waals surface area contributed by atoms with Gasteiger partial charge in [0.2, 0.25) is 0 Å². The number of allylic oxidation sites excluding steroid dienone is 6. The molecule has 1 aromatic rings. The fraction of sp³-hybridized carbons (Fsp3) is 0.133. The largest absolute Gasteiger partial charge is 0.508 e. The Morgan fingerprint density at radius 1 is 1.28 bits per heavy atom. The summed E-state index contributed by atoms with van der Waals surface area (Å²) in [7, 11) is 0. The first-order valence-electron chi connectivity index (χ1n) is 5.74. The molecule has 92 valence electrons. The molecule has 3 nitrogen and oxygen atoms in total. The van der Waals surface area contributed by atoms with E-state index in [1.54, 1.807) is 6.08 Å². The van der Waals surface area contributed by atoms with E-state index in [4.69, 9.17) is 0 Å². The lowest BCUT2D eigenvalue weighted by atomic mass is 9.99. The van der Waals surface area contributed by atoms with Crippen molar-refractivity contribution in [1.29, 1.82) is 0 Å². The third kappa shape index (κ3) is 2.88. The second-order valence-corrected chi connectivity index (χ2v) is 4.14. The van der Waals surface area contributed by atoms with Gasteiger partial charge in [-0.25, -0.2) is 0 Å². The van der Waals surface area contributed by atoms with Crippen LogP contribution in [0.25, 0.3) is 0 Å². The van der Waals surface area contributed by atoms with Crippen molar-refractivity contribution in [2.24, 2.45) is 5.92 Å². The molecule has 1 unspecified atom stereocenters. The molecule has 0 spiro atoms. The minimum absolute atomic E-state index is 0.0370. The average molecular weight is 242 g/mol. The van der Waals surface area contributed by atoms with Crippen molar-refractivity contribution < 1.29 is 15.0 Å². The zero-order chi connectivity index (χ0) is 13.0. The Morgan fingerprint density at radius 3 is 2.83 bits per heavy atom. The fourth-order valence-corrected chi connectivity index (χ4v) is 1.76. The van der Waals surface area contributed by atoms with Crippen LogP contribution in [0, 0.1) is 5.92 Å². The molecule has 2 rings (SSSR count). The number of ketones is 1. The summed E-state index contributed by atoms with van der Waals surface area (Å²) < 4.78 is 0. The number of hydrogen-bond donors (Lipinski definition) is 2. The van der Waals surface area contributed by atoms with Gasteiger partial charge in [-0.1, -0.05) is 30.4 Å². The Balaban J connectivity index is 2.12. The Kier molecular flexibility index (Phi) is 3.63. The van der Waals surface area contributed by atoms with E-state index in [1.807, 2.05) is 24.3 Å². The number of benzene rings is 1. The quantitative estimate of drug-likeness (QED) is 0.486. The highest BCUT2D eigenvalue weighted by Crippen LogP contribution is 2.23. The van der Waals surface area contributed by atoms with E-state index in [9.17, 15) is 15.0 Å². The number of phenolic OH excluding ortho intramolecular Hbond substituents is 2. The summed E-state index contributed by atoms with van der Waals surface area (Å²) in [5, 5.41) is 18.8. The van der Waals surface area contributed by atoms with Crippen LogP contribution in [-0.4, -0.2) is 16.0 Å². The van der Waals surface area contributed by atoms with Gasteiger partial charge in [-0.2, -0.15) is 0 Å². The second kappa shape index (κ2) is 5.36. The van der Waals surface area contributed by atoms with Gasteiger partial charge in [-0.15, -0.1) is 0 Å². The predicted octanol–water partition coefficient (Wildman–Crippen LogP) is 2.97. The summed E-state index contributed by atoms with van der Waals surface area (Å²) in [6, 6.07) is 3.91. The van der Waals surface area contributed by atoms with Gasteiger partial charge in [0, 0.05) is 0 Å². The molecule has 0 aliphatic heterocycles. The van der Waals surface area contributed by atoms with Gasteiger partial charge >= 0.3 is 0 Å². The van der Waals surface area contributed by atoms with Gasteiger partial charge in [-0.05, 0) is 36.6 Å². The van der Waals surface area contributed by atoms with E-state index in [0.717, 1.165) is 6.42 Å². The van der Waals surface area contributed by atoms with Crippen molar-refractivity contribution in [3.05, 3.63) is 60.2 Å². The SMILES string of the molecule is O=C(C=CC1C=CC=CC1)c1cc(O)ccc1O. The number of aromatic hydroxyl groups is 2. The molecule has 0 bridgehead atoms. The summed E-state index contributed by atoms with van der Waals surface area (Å²) in [6.45, 7) is 0. The Hall–Kier alpha value is -2.29. The number of rotatable bonds is 3. The Morgan fingerprint density at radius 2 is 2.11 bits per heavy atom. The van der Waals surface area contributed by atoms with Crippen molar-refractivity contribution in [3.8, 4) is 11.5 Å². The lowest BCUT2D eigenvalue weighted by Gasteiger charge is -2.06. The summed E-state index contributed by atoms with van der Waals surface area (Å²) in [5.41, 5.74) is 0.113. The molecule has 1 atom stereocenters. The van der Waals surface area contributed by atoms with Crippen LogP contribution in [0.2, 0.25) is 0 Å². The van der Waals surface area contributed by atoms with Crippen molar-refractivity contribution in [1.82, 2.24) is 0 Å². The monoisotopic (exact) mass is 242 g/mol. The van der Waals surface area contributed by atoms with Crippen molar-refractivity contribution >= 4 is 5.78 Å². The minimum Gasteiger partial charge on any atom is -0.508 e. The van der Waals surface area contributed by atoms with E-state index in [-0.39, 0.29) is 28.8 Å². The van der Waals surface area contributed by atoms with E-state index in [0.29, 0.717) is 0 Å². The minimum atomic E-state index is -0.314. The average Bonchev–Trinajstić information content (AvgIpc) is 2.40. The number of carbonyl (C=O) groups is 1. The highest BCUT2D eigenvalue weighted by molar-refractivity contribution is 6.06. The predicted molar refractivity (Wildman–Crippen MR) is 69.6 cm³/mol. The highest BCUT2D eigenvalue weighted by Gasteiger charge is 2.10. The standard InChI is InChI=1S/C15H14O3/c16-12-7-9-15(18)13(10-12)14(17)8-6-11-4-2-1-3-5-11/h1-4,6-11,16,18H,5H2. The van der Waals surface area contributed by atoms with Crippen LogP contribution in [0.5, 0.6) is 11.5 Å². The molecule has 0 aromatic heterocycles. The van der Waals surface area contributed by atoms with Gasteiger partial charge in [0.1, 0.15) is 11.5 Å². The maximum Gasteiger partial charge on any atom is 0.189 e.